The summed E-state index contributed by atoms with van der Waals surface area (Å²) in [5, 5.41) is 1.10. The van der Waals surface area contributed by atoms with E-state index in [1.165, 1.54) is 5.56 Å². The molecule has 0 unspecified atom stereocenters. The van der Waals surface area contributed by atoms with Crippen LogP contribution in [0.1, 0.15) is 45.9 Å². The topological polar surface area (TPSA) is 123 Å². The largest absolute Gasteiger partial charge is 0.465 e. The second-order valence-electron chi connectivity index (χ2n) is 11.8. The SMILES string of the molecule is CCOC(=O)CN1CCN(CP(=O)(OCC)OCC)CCN(Cc2ccc3cc(C)ccc3n2)CCN(CP(=O)(OCC)OCC)CC1. The highest BCUT2D eigenvalue weighted by Gasteiger charge is 2.30. The van der Waals surface area contributed by atoms with Crippen LogP contribution >= 0.6 is 15.2 Å². The molecule has 0 N–H and O–H groups in total. The van der Waals surface area contributed by atoms with Gasteiger partial charge in [-0.25, -0.2) is 0 Å². The van der Waals surface area contributed by atoms with Gasteiger partial charge in [-0.2, -0.15) is 0 Å². The number of aryl methyl sites for hydroxylation is 1. The van der Waals surface area contributed by atoms with E-state index in [-0.39, 0.29) is 51.5 Å². The summed E-state index contributed by atoms with van der Waals surface area (Å²) < 4.78 is 55.2. The van der Waals surface area contributed by atoms with Gasteiger partial charge in [0.05, 0.1) is 50.8 Å². The molecule has 1 saturated heterocycles. The van der Waals surface area contributed by atoms with E-state index in [0.717, 1.165) is 16.6 Å². The highest BCUT2D eigenvalue weighted by Crippen LogP contribution is 2.49. The summed E-state index contributed by atoms with van der Waals surface area (Å²) in [6, 6.07) is 10.4. The first-order valence-electron chi connectivity index (χ1n) is 17.2. The normalized spacial score (nSPS) is 17.3. The first kappa shape index (κ1) is 40.7. The molecule has 0 spiro atoms. The molecule has 0 bridgehead atoms. The lowest BCUT2D eigenvalue weighted by Crippen LogP contribution is -2.47. The Morgan fingerprint density at radius 2 is 1.15 bits per heavy atom. The Labute approximate surface area is 287 Å². The van der Waals surface area contributed by atoms with Gasteiger partial charge >= 0.3 is 21.2 Å². The lowest BCUT2D eigenvalue weighted by Gasteiger charge is -2.35. The zero-order valence-electron chi connectivity index (χ0n) is 29.8. The average Bonchev–Trinajstić information content (AvgIpc) is 3.02. The molecule has 13 nitrogen and oxygen atoms in total. The smallest absolute Gasteiger partial charge is 0.344 e. The maximum atomic E-state index is 13.6. The highest BCUT2D eigenvalue weighted by molar-refractivity contribution is 7.54. The van der Waals surface area contributed by atoms with Gasteiger partial charge in [-0.15, -0.1) is 0 Å². The Morgan fingerprint density at radius 1 is 0.667 bits per heavy atom. The Bertz CT molecular complexity index is 1300. The van der Waals surface area contributed by atoms with Crippen molar-refractivity contribution in [2.24, 2.45) is 0 Å². The first-order chi connectivity index (χ1) is 23.0. The second-order valence-corrected chi connectivity index (χ2v) is 15.8. The number of hydrogen-bond acceptors (Lipinski definition) is 13. The number of aromatic nitrogens is 1. The summed E-state index contributed by atoms with van der Waals surface area (Å²) in [5.74, 6) is -0.310. The highest BCUT2D eigenvalue weighted by atomic mass is 31.2. The summed E-state index contributed by atoms with van der Waals surface area (Å²) >= 11 is 0. The molecule has 1 aliphatic heterocycles. The molecule has 3 rings (SSSR count). The van der Waals surface area contributed by atoms with Gasteiger partial charge in [0.25, 0.3) is 0 Å². The fourth-order valence-corrected chi connectivity index (χ4v) is 9.28. The molecule has 48 heavy (non-hydrogen) atoms. The van der Waals surface area contributed by atoms with Crippen molar-refractivity contribution in [2.75, 3.05) is 105 Å². The number of rotatable bonds is 17. The number of hydrogen-bond donors (Lipinski definition) is 0. The Morgan fingerprint density at radius 3 is 1.62 bits per heavy atom. The monoisotopic (exact) mass is 713 g/mol. The van der Waals surface area contributed by atoms with Gasteiger partial charge in [-0.3, -0.25) is 38.5 Å². The van der Waals surface area contributed by atoms with Crippen molar-refractivity contribution in [3.05, 3.63) is 41.6 Å². The van der Waals surface area contributed by atoms with Crippen molar-refractivity contribution < 1.29 is 36.8 Å². The van der Waals surface area contributed by atoms with Gasteiger partial charge in [0, 0.05) is 64.3 Å². The molecule has 1 aromatic carbocycles. The second kappa shape index (κ2) is 20.8. The summed E-state index contributed by atoms with van der Waals surface area (Å²) in [6.45, 7) is 17.8. The summed E-state index contributed by atoms with van der Waals surface area (Å²) in [6.07, 6.45) is 0.280. The predicted molar refractivity (Wildman–Crippen MR) is 189 cm³/mol. The van der Waals surface area contributed by atoms with Crippen molar-refractivity contribution >= 4 is 32.1 Å². The average molecular weight is 714 g/mol. The molecule has 0 saturated carbocycles. The van der Waals surface area contributed by atoms with E-state index in [0.29, 0.717) is 65.5 Å². The van der Waals surface area contributed by atoms with Gasteiger partial charge in [-0.1, -0.05) is 17.7 Å². The van der Waals surface area contributed by atoms with E-state index >= 15 is 0 Å². The van der Waals surface area contributed by atoms with E-state index in [1.54, 1.807) is 6.92 Å². The third kappa shape index (κ3) is 13.9. The Kier molecular flexibility index (Phi) is 17.6. The van der Waals surface area contributed by atoms with Gasteiger partial charge in [-0.05, 0) is 59.7 Å². The van der Waals surface area contributed by atoms with Crippen LogP contribution in [0, 0.1) is 6.92 Å². The molecule has 15 heteroatoms. The van der Waals surface area contributed by atoms with Crippen molar-refractivity contribution in [1.29, 1.82) is 0 Å². The maximum Gasteiger partial charge on any atom is 0.344 e. The molecular formula is C33H57N5O8P2. The number of pyridine rings is 1. The maximum absolute atomic E-state index is 13.6. The molecule has 2 heterocycles. The van der Waals surface area contributed by atoms with Crippen molar-refractivity contribution in [2.45, 2.75) is 48.1 Å². The molecule has 1 aliphatic rings. The number of nitrogens with zero attached hydrogens (tertiary/aromatic N) is 5. The molecular weight excluding hydrogens is 656 g/mol. The van der Waals surface area contributed by atoms with Crippen LogP contribution in [0.25, 0.3) is 10.9 Å². The molecule has 0 amide bonds. The molecule has 0 aliphatic carbocycles. The van der Waals surface area contributed by atoms with E-state index in [4.69, 9.17) is 27.8 Å². The zero-order chi connectivity index (χ0) is 35.0. The number of fused-ring (bicyclic) bond motifs is 1. The molecule has 272 valence electrons. The summed E-state index contributed by atoms with van der Waals surface area (Å²) in [7, 11) is -6.74. The van der Waals surface area contributed by atoms with Crippen LogP contribution < -0.4 is 0 Å². The quantitative estimate of drug-likeness (QED) is 0.156. The number of carbonyl (C=O) groups is 1. The fourth-order valence-electron chi connectivity index (χ4n) is 5.69. The predicted octanol–water partition coefficient (Wildman–Crippen LogP) is 5.28. The molecule has 0 radical (unpaired) electrons. The minimum Gasteiger partial charge on any atom is -0.465 e. The van der Waals surface area contributed by atoms with Crippen LogP contribution in [-0.4, -0.2) is 135 Å². The van der Waals surface area contributed by atoms with Gasteiger partial charge < -0.3 is 22.8 Å². The Hall–Kier alpha value is -1.76. The van der Waals surface area contributed by atoms with Crippen LogP contribution in [0.15, 0.2) is 30.3 Å². The summed E-state index contributed by atoms with van der Waals surface area (Å²) in [5.41, 5.74) is 3.08. The van der Waals surface area contributed by atoms with Gasteiger partial charge in [0.1, 0.15) is 12.6 Å². The van der Waals surface area contributed by atoms with Crippen molar-refractivity contribution in [1.82, 2.24) is 24.6 Å². The van der Waals surface area contributed by atoms with Crippen LogP contribution in [0.2, 0.25) is 0 Å². The number of benzene rings is 1. The number of carbonyl (C=O) groups excluding carboxylic acids is 1. The lowest BCUT2D eigenvalue weighted by molar-refractivity contribution is -0.144. The molecule has 1 fully saturated rings. The minimum absolute atomic E-state index is 0.109. The third-order valence-electron chi connectivity index (χ3n) is 7.93. The molecule has 1 aromatic heterocycles. The molecule has 2 aromatic rings. The zero-order valence-corrected chi connectivity index (χ0v) is 31.6. The van der Waals surface area contributed by atoms with E-state index in [9.17, 15) is 13.9 Å². The van der Waals surface area contributed by atoms with E-state index < -0.39 is 15.2 Å². The van der Waals surface area contributed by atoms with Crippen LogP contribution in [0.3, 0.4) is 0 Å². The van der Waals surface area contributed by atoms with Crippen LogP contribution in [-0.2, 0) is 43.3 Å². The van der Waals surface area contributed by atoms with Gasteiger partial charge in [0.15, 0.2) is 0 Å². The van der Waals surface area contributed by atoms with E-state index in [1.807, 2.05) is 38.7 Å². The van der Waals surface area contributed by atoms with Crippen molar-refractivity contribution in [3.8, 4) is 0 Å². The summed E-state index contributed by atoms with van der Waals surface area (Å²) in [4.78, 5) is 26.1. The minimum atomic E-state index is -3.37. The van der Waals surface area contributed by atoms with E-state index in [2.05, 4.69) is 45.9 Å². The van der Waals surface area contributed by atoms with Crippen LogP contribution in [0.5, 0.6) is 0 Å². The number of esters is 1. The number of ether oxygens (including phenoxy) is 1. The Balaban J connectivity index is 1.91. The third-order valence-corrected chi connectivity index (χ3v) is 12.0. The van der Waals surface area contributed by atoms with Crippen molar-refractivity contribution in [3.63, 3.8) is 0 Å². The first-order valence-corrected chi connectivity index (χ1v) is 20.7. The lowest BCUT2D eigenvalue weighted by atomic mass is 10.1. The fraction of sp³-hybridized carbons (Fsp3) is 0.697. The van der Waals surface area contributed by atoms with Gasteiger partial charge in [0.2, 0.25) is 0 Å². The van der Waals surface area contributed by atoms with Crippen LogP contribution in [0.4, 0.5) is 0 Å². The standard InChI is InChI=1S/C33H57N5O8P2/c1-7-42-33(39)26-36-18-22-37(27-47(40,43-8-2)44-9-3)20-16-35(25-31-14-13-30-24-29(6)12-15-32(30)34-31)17-21-38(23-19-36)28-48(41,45-10-4)46-11-5/h12-15,24H,7-11,16-23,25-28H2,1-6H3. The molecule has 0 atom stereocenters.